The quantitative estimate of drug-likeness (QED) is 0.189. The van der Waals surface area contributed by atoms with Gasteiger partial charge in [0.1, 0.15) is 11.5 Å². The number of fused-ring (bicyclic) bond motifs is 10. The van der Waals surface area contributed by atoms with Crippen molar-refractivity contribution in [3.63, 3.8) is 0 Å². The first-order valence-corrected chi connectivity index (χ1v) is 17.4. The zero-order valence-electron chi connectivity index (χ0n) is 26.5. The number of hydrogen-bond acceptors (Lipinski definition) is 3. The Balaban J connectivity index is 1.29. The van der Waals surface area contributed by atoms with Crippen molar-refractivity contribution < 1.29 is 4.74 Å². The molecule has 49 heavy (non-hydrogen) atoms. The fourth-order valence-corrected chi connectivity index (χ4v) is 8.66. The molecule has 0 saturated heterocycles. The number of rotatable bonds is 4. The van der Waals surface area contributed by atoms with Gasteiger partial charge in [0, 0.05) is 47.6 Å². The molecule has 3 heteroatoms. The van der Waals surface area contributed by atoms with Crippen LogP contribution in [0.25, 0.3) is 64.3 Å². The van der Waals surface area contributed by atoms with Crippen LogP contribution in [0, 0.1) is 0 Å². The molecule has 0 saturated carbocycles. The van der Waals surface area contributed by atoms with Crippen LogP contribution in [-0.2, 0) is 0 Å². The van der Waals surface area contributed by atoms with Gasteiger partial charge in [0.2, 0.25) is 0 Å². The monoisotopic (exact) mass is 643 g/mol. The molecule has 1 aliphatic rings. The molecule has 10 rings (SSSR count). The fraction of sp³-hybridized carbons (Fsp3) is 0. The minimum atomic E-state index is 0.868. The molecule has 8 aromatic carbocycles. The zero-order chi connectivity index (χ0) is 32.3. The molecular weight excluding hydrogens is 615 g/mol. The molecule has 0 spiro atoms. The third-order valence-electron chi connectivity index (χ3n) is 9.69. The third kappa shape index (κ3) is 4.40. The van der Waals surface area contributed by atoms with E-state index in [2.05, 4.69) is 181 Å². The second-order valence-electron chi connectivity index (χ2n) is 12.4. The largest absolute Gasteiger partial charge is 0.455 e. The Bertz CT molecular complexity index is 2710. The van der Waals surface area contributed by atoms with Crippen molar-refractivity contribution in [1.82, 2.24) is 0 Å². The molecule has 0 fully saturated rings. The number of nitrogens with zero attached hydrogens (tertiary/aromatic N) is 1. The summed E-state index contributed by atoms with van der Waals surface area (Å²) in [4.78, 5) is 2.47. The number of benzene rings is 8. The van der Waals surface area contributed by atoms with Crippen LogP contribution in [0.5, 0.6) is 11.5 Å². The summed E-state index contributed by atoms with van der Waals surface area (Å²) in [5.41, 5.74) is 10.3. The van der Waals surface area contributed by atoms with E-state index in [9.17, 15) is 0 Å². The maximum absolute atomic E-state index is 6.94. The second kappa shape index (κ2) is 11.2. The first-order chi connectivity index (χ1) is 24.3. The predicted molar refractivity (Wildman–Crippen MR) is 208 cm³/mol. The zero-order valence-corrected chi connectivity index (χ0v) is 27.3. The average molecular weight is 644 g/mol. The fourth-order valence-electron chi connectivity index (χ4n) is 7.53. The lowest BCUT2D eigenvalue weighted by Gasteiger charge is -2.30. The second-order valence-corrected chi connectivity index (χ2v) is 13.5. The van der Waals surface area contributed by atoms with Crippen LogP contribution in [0.15, 0.2) is 176 Å². The van der Waals surface area contributed by atoms with Gasteiger partial charge in [0.05, 0.1) is 17.1 Å². The SMILES string of the molecule is c1ccc(-c2ccccc2N(c2cccc3c4c(ccc23)-c2ccccc2-c2ccccc2O4)c2cccc3sc4ccccc4c23)cc1. The highest BCUT2D eigenvalue weighted by molar-refractivity contribution is 7.26. The van der Waals surface area contributed by atoms with Crippen molar-refractivity contribution in [2.24, 2.45) is 0 Å². The maximum atomic E-state index is 6.94. The van der Waals surface area contributed by atoms with Crippen molar-refractivity contribution in [2.45, 2.75) is 0 Å². The lowest BCUT2D eigenvalue weighted by Crippen LogP contribution is -2.12. The van der Waals surface area contributed by atoms with Crippen LogP contribution in [0.2, 0.25) is 0 Å². The van der Waals surface area contributed by atoms with E-state index in [4.69, 9.17) is 4.74 Å². The number of ether oxygens (including phenoxy) is 1. The van der Waals surface area contributed by atoms with Gasteiger partial charge in [0.25, 0.3) is 0 Å². The Morgan fingerprint density at radius 2 is 0.980 bits per heavy atom. The van der Waals surface area contributed by atoms with Crippen molar-refractivity contribution in [2.75, 3.05) is 4.90 Å². The van der Waals surface area contributed by atoms with Gasteiger partial charge in [-0.25, -0.2) is 0 Å². The Morgan fingerprint density at radius 1 is 0.367 bits per heavy atom. The van der Waals surface area contributed by atoms with Gasteiger partial charge in [-0.1, -0.05) is 133 Å². The normalized spacial score (nSPS) is 11.8. The highest BCUT2D eigenvalue weighted by Crippen LogP contribution is 2.53. The minimum absolute atomic E-state index is 0.868. The predicted octanol–water partition coefficient (Wildman–Crippen LogP) is 13.8. The van der Waals surface area contributed by atoms with E-state index in [1.54, 1.807) is 0 Å². The first-order valence-electron chi connectivity index (χ1n) is 16.6. The molecule has 0 unspecified atom stereocenters. The van der Waals surface area contributed by atoms with Crippen molar-refractivity contribution in [3.8, 4) is 44.9 Å². The summed E-state index contributed by atoms with van der Waals surface area (Å²) >= 11 is 1.85. The van der Waals surface area contributed by atoms with Crippen molar-refractivity contribution in [1.29, 1.82) is 0 Å². The van der Waals surface area contributed by atoms with E-state index < -0.39 is 0 Å². The van der Waals surface area contributed by atoms with E-state index in [0.29, 0.717) is 0 Å². The van der Waals surface area contributed by atoms with Crippen LogP contribution in [0.4, 0.5) is 17.1 Å². The van der Waals surface area contributed by atoms with Crippen LogP contribution >= 0.6 is 11.3 Å². The number of hydrogen-bond donors (Lipinski definition) is 0. The van der Waals surface area contributed by atoms with E-state index in [1.807, 2.05) is 11.3 Å². The summed E-state index contributed by atoms with van der Waals surface area (Å²) in [5.74, 6) is 1.75. The van der Waals surface area contributed by atoms with Gasteiger partial charge in [-0.3, -0.25) is 0 Å². The highest BCUT2D eigenvalue weighted by Gasteiger charge is 2.26. The minimum Gasteiger partial charge on any atom is -0.455 e. The molecule has 0 radical (unpaired) electrons. The standard InChI is InChI=1S/C46H29NOS/c1-2-14-30(15-3-1)31-16-6-9-22-39(31)47(41-24-13-27-44-45(41)38-20-8-11-26-43(38)49-44)40-23-12-21-36-34(40)28-29-37-33-18-5-4-17-32(33)35-19-7-10-25-42(35)48-46(36)37/h1-29H. The molecule has 0 bridgehead atoms. The van der Waals surface area contributed by atoms with E-state index in [-0.39, 0.29) is 0 Å². The van der Waals surface area contributed by atoms with Crippen LogP contribution in [-0.4, -0.2) is 0 Å². The van der Waals surface area contributed by atoms with Crippen LogP contribution < -0.4 is 9.64 Å². The van der Waals surface area contributed by atoms with Crippen molar-refractivity contribution >= 4 is 59.3 Å². The molecule has 1 aliphatic heterocycles. The number of anilines is 3. The first kappa shape index (κ1) is 27.9. The molecule has 0 N–H and O–H groups in total. The van der Waals surface area contributed by atoms with Crippen LogP contribution in [0.3, 0.4) is 0 Å². The molecule has 0 atom stereocenters. The van der Waals surface area contributed by atoms with Crippen LogP contribution in [0.1, 0.15) is 0 Å². The van der Waals surface area contributed by atoms with Crippen molar-refractivity contribution in [3.05, 3.63) is 176 Å². The topological polar surface area (TPSA) is 12.5 Å². The van der Waals surface area contributed by atoms with Gasteiger partial charge in [-0.15, -0.1) is 11.3 Å². The highest BCUT2D eigenvalue weighted by atomic mass is 32.1. The molecule has 1 aromatic heterocycles. The number of para-hydroxylation sites is 2. The van der Waals surface area contributed by atoms with E-state index in [0.717, 1.165) is 50.5 Å². The Labute approximate surface area is 288 Å². The van der Waals surface area contributed by atoms with Gasteiger partial charge in [0.15, 0.2) is 0 Å². The molecular formula is C46H29NOS. The molecule has 2 heterocycles. The summed E-state index contributed by atoms with van der Waals surface area (Å²) in [6.07, 6.45) is 0. The van der Waals surface area contributed by atoms with Gasteiger partial charge in [-0.05, 0) is 59.2 Å². The third-order valence-corrected chi connectivity index (χ3v) is 10.8. The molecule has 9 aromatic rings. The Morgan fingerprint density at radius 3 is 1.86 bits per heavy atom. The average Bonchev–Trinajstić information content (AvgIpc) is 3.48. The summed E-state index contributed by atoms with van der Waals surface area (Å²) in [7, 11) is 0. The lowest BCUT2D eigenvalue weighted by molar-refractivity contribution is 0.493. The van der Waals surface area contributed by atoms with E-state index >= 15 is 0 Å². The lowest BCUT2D eigenvalue weighted by atomic mass is 9.92. The van der Waals surface area contributed by atoms with Gasteiger partial charge >= 0.3 is 0 Å². The number of thiophene rings is 1. The molecule has 2 nitrogen and oxygen atoms in total. The Hall–Kier alpha value is -6.16. The maximum Gasteiger partial charge on any atom is 0.143 e. The molecule has 230 valence electrons. The summed E-state index contributed by atoms with van der Waals surface area (Å²) in [6.45, 7) is 0. The molecule has 0 amide bonds. The van der Waals surface area contributed by atoms with Gasteiger partial charge < -0.3 is 9.64 Å². The van der Waals surface area contributed by atoms with E-state index in [1.165, 1.54) is 42.4 Å². The smallest absolute Gasteiger partial charge is 0.143 e. The molecule has 0 aliphatic carbocycles. The van der Waals surface area contributed by atoms with Gasteiger partial charge in [-0.2, -0.15) is 0 Å². The summed E-state index contributed by atoms with van der Waals surface area (Å²) in [6, 6.07) is 63.1. The summed E-state index contributed by atoms with van der Waals surface area (Å²) in [5, 5.41) is 4.73. The Kier molecular flexibility index (Phi) is 6.39. The summed E-state index contributed by atoms with van der Waals surface area (Å²) < 4.78 is 9.49.